The number of piperidine rings is 1. The van der Waals surface area contributed by atoms with Crippen molar-refractivity contribution in [2.24, 2.45) is 23.7 Å². The summed E-state index contributed by atoms with van der Waals surface area (Å²) in [4.78, 5) is 2.72. The van der Waals surface area contributed by atoms with Crippen LogP contribution in [0.1, 0.15) is 83.5 Å². The summed E-state index contributed by atoms with van der Waals surface area (Å²) in [5, 5.41) is 0. The van der Waals surface area contributed by atoms with Gasteiger partial charge in [-0.25, -0.2) is 0 Å². The van der Waals surface area contributed by atoms with Gasteiger partial charge in [0.15, 0.2) is 0 Å². The van der Waals surface area contributed by atoms with E-state index < -0.39 is 0 Å². The molecule has 2 saturated carbocycles. The number of nitrogens with zero attached hydrogens (tertiary/aromatic N) is 1. The van der Waals surface area contributed by atoms with Gasteiger partial charge in [-0.2, -0.15) is 0 Å². The van der Waals surface area contributed by atoms with Crippen LogP contribution in [0, 0.1) is 23.7 Å². The first kappa shape index (κ1) is 14.5. The highest BCUT2D eigenvalue weighted by Crippen LogP contribution is 2.47. The van der Waals surface area contributed by atoms with Crippen molar-refractivity contribution in [2.45, 2.75) is 95.6 Å². The molecule has 0 amide bonds. The van der Waals surface area contributed by atoms with E-state index in [4.69, 9.17) is 0 Å². The Labute approximate surface area is 131 Å². The van der Waals surface area contributed by atoms with Gasteiger partial charge in [0, 0.05) is 12.1 Å². The predicted molar refractivity (Wildman–Crippen MR) is 89.3 cm³/mol. The van der Waals surface area contributed by atoms with Crippen molar-refractivity contribution < 1.29 is 0 Å². The Hall–Kier alpha value is -0.0400. The van der Waals surface area contributed by atoms with Crippen LogP contribution in [0.5, 0.6) is 0 Å². The van der Waals surface area contributed by atoms with Crippen LogP contribution in [0.3, 0.4) is 0 Å². The molecule has 0 radical (unpaired) electrons. The van der Waals surface area contributed by atoms with E-state index in [0.29, 0.717) is 0 Å². The molecule has 4 aliphatic rings. The van der Waals surface area contributed by atoms with Crippen LogP contribution in [0.2, 0.25) is 0 Å². The fourth-order valence-electron chi connectivity index (χ4n) is 6.64. The molecule has 1 nitrogen and oxygen atoms in total. The van der Waals surface area contributed by atoms with E-state index in [1.165, 1.54) is 51.4 Å². The second kappa shape index (κ2) is 6.22. The molecule has 21 heavy (non-hydrogen) atoms. The highest BCUT2D eigenvalue weighted by molar-refractivity contribution is 4.95. The van der Waals surface area contributed by atoms with E-state index in [1.807, 2.05) is 0 Å². The first-order chi connectivity index (χ1) is 10.3. The molecule has 2 aliphatic carbocycles. The first-order valence-electron chi connectivity index (χ1n) is 10.0. The van der Waals surface area contributed by atoms with Gasteiger partial charge in [-0.1, -0.05) is 51.4 Å². The smallest absolute Gasteiger partial charge is 0.00983 e. The normalized spacial score (nSPS) is 38.9. The molecule has 2 atom stereocenters. The van der Waals surface area contributed by atoms with Crippen molar-refractivity contribution in [1.82, 2.24) is 4.90 Å². The molecule has 1 heteroatoms. The zero-order valence-electron chi connectivity index (χ0n) is 14.1. The quantitative estimate of drug-likeness (QED) is 0.683. The van der Waals surface area contributed by atoms with Gasteiger partial charge in [0.1, 0.15) is 0 Å². The Morgan fingerprint density at radius 1 is 0.762 bits per heavy atom. The van der Waals surface area contributed by atoms with Gasteiger partial charge in [0.25, 0.3) is 0 Å². The van der Waals surface area contributed by atoms with Gasteiger partial charge >= 0.3 is 0 Å². The monoisotopic (exact) mass is 289 g/mol. The van der Waals surface area contributed by atoms with Gasteiger partial charge < -0.3 is 4.90 Å². The Morgan fingerprint density at radius 3 is 1.71 bits per heavy atom. The Balaban J connectivity index is 1.42. The topological polar surface area (TPSA) is 3.24 Å². The van der Waals surface area contributed by atoms with Crippen molar-refractivity contribution in [3.05, 3.63) is 0 Å². The minimum atomic E-state index is 0.946. The van der Waals surface area contributed by atoms with E-state index in [-0.39, 0.29) is 0 Å². The first-order valence-corrected chi connectivity index (χ1v) is 10.0. The van der Waals surface area contributed by atoms with Crippen LogP contribution in [0.25, 0.3) is 0 Å². The third-order valence-electron chi connectivity index (χ3n) is 7.81. The van der Waals surface area contributed by atoms with Gasteiger partial charge in [-0.15, -0.1) is 0 Å². The van der Waals surface area contributed by atoms with E-state index in [1.54, 1.807) is 32.1 Å². The average molecular weight is 290 g/mol. The fraction of sp³-hybridized carbons (Fsp3) is 1.00. The predicted octanol–water partition coefficient (Wildman–Crippen LogP) is 5.25. The standard InChI is InChI=1S/C20H35N/c1-21-18-10-11-19(21)13-15(12-18)14-20(16-6-2-3-7-16)17-8-4-5-9-17/h15-20H,2-14H2,1H3. The van der Waals surface area contributed by atoms with Gasteiger partial charge in [0.2, 0.25) is 0 Å². The van der Waals surface area contributed by atoms with Crippen LogP contribution in [-0.4, -0.2) is 24.0 Å². The number of hydrogen-bond donors (Lipinski definition) is 0. The molecule has 2 bridgehead atoms. The lowest BCUT2D eigenvalue weighted by molar-refractivity contribution is 0.0958. The zero-order chi connectivity index (χ0) is 14.2. The lowest BCUT2D eigenvalue weighted by Crippen LogP contribution is -2.41. The van der Waals surface area contributed by atoms with Crippen molar-refractivity contribution >= 4 is 0 Å². The highest BCUT2D eigenvalue weighted by atomic mass is 15.2. The third-order valence-corrected chi connectivity index (χ3v) is 7.81. The molecule has 2 heterocycles. The second-order valence-corrected chi connectivity index (χ2v) is 8.88. The largest absolute Gasteiger partial charge is 0.300 e. The van der Waals surface area contributed by atoms with Crippen LogP contribution in [0.4, 0.5) is 0 Å². The summed E-state index contributed by atoms with van der Waals surface area (Å²) >= 11 is 0. The maximum absolute atomic E-state index is 2.72. The molecule has 0 N–H and O–H groups in total. The van der Waals surface area contributed by atoms with Crippen molar-refractivity contribution in [2.75, 3.05) is 7.05 Å². The van der Waals surface area contributed by atoms with Gasteiger partial charge in [0.05, 0.1) is 0 Å². The summed E-state index contributed by atoms with van der Waals surface area (Å²) in [5.74, 6) is 4.42. The molecular formula is C20H35N. The van der Waals surface area contributed by atoms with Crippen molar-refractivity contribution in [1.29, 1.82) is 0 Å². The molecule has 4 rings (SSSR count). The highest BCUT2D eigenvalue weighted by Gasteiger charge is 2.41. The van der Waals surface area contributed by atoms with Crippen molar-refractivity contribution in [3.63, 3.8) is 0 Å². The maximum Gasteiger partial charge on any atom is 0.00983 e. The Kier molecular flexibility index (Phi) is 4.31. The summed E-state index contributed by atoms with van der Waals surface area (Å²) in [5.41, 5.74) is 0. The van der Waals surface area contributed by atoms with Gasteiger partial charge in [-0.3, -0.25) is 0 Å². The summed E-state index contributed by atoms with van der Waals surface area (Å²) in [6, 6.07) is 1.89. The Morgan fingerprint density at radius 2 is 1.24 bits per heavy atom. The minimum absolute atomic E-state index is 0.946. The molecule has 2 unspecified atom stereocenters. The maximum atomic E-state index is 2.72. The number of fused-ring (bicyclic) bond motifs is 2. The van der Waals surface area contributed by atoms with Crippen LogP contribution in [-0.2, 0) is 0 Å². The molecule has 0 spiro atoms. The molecule has 120 valence electrons. The lowest BCUT2D eigenvalue weighted by Gasteiger charge is -2.40. The molecule has 2 saturated heterocycles. The summed E-state index contributed by atoms with van der Waals surface area (Å²) in [6.07, 6.45) is 20.1. The zero-order valence-corrected chi connectivity index (χ0v) is 14.1. The molecular weight excluding hydrogens is 254 g/mol. The molecule has 0 aromatic carbocycles. The Bertz CT molecular complexity index is 310. The summed E-state index contributed by atoms with van der Waals surface area (Å²) in [7, 11) is 2.39. The lowest BCUT2D eigenvalue weighted by atomic mass is 9.72. The summed E-state index contributed by atoms with van der Waals surface area (Å²) < 4.78 is 0. The molecule has 0 aromatic heterocycles. The second-order valence-electron chi connectivity index (χ2n) is 8.88. The number of hydrogen-bond acceptors (Lipinski definition) is 1. The third kappa shape index (κ3) is 2.92. The van der Waals surface area contributed by atoms with E-state index in [0.717, 1.165) is 35.8 Å². The SMILES string of the molecule is CN1C2CCC1CC(CC(C1CCCC1)C1CCCC1)C2. The molecule has 2 aliphatic heterocycles. The van der Waals surface area contributed by atoms with Crippen LogP contribution in [0.15, 0.2) is 0 Å². The molecule has 4 fully saturated rings. The van der Waals surface area contributed by atoms with E-state index in [9.17, 15) is 0 Å². The van der Waals surface area contributed by atoms with Crippen molar-refractivity contribution in [3.8, 4) is 0 Å². The van der Waals surface area contributed by atoms with E-state index in [2.05, 4.69) is 11.9 Å². The number of rotatable bonds is 4. The fourth-order valence-corrected chi connectivity index (χ4v) is 6.64. The minimum Gasteiger partial charge on any atom is -0.300 e. The molecule has 0 aromatic rings. The average Bonchev–Trinajstić information content (AvgIpc) is 3.20. The van der Waals surface area contributed by atoms with Gasteiger partial charge in [-0.05, 0) is 62.8 Å². The van der Waals surface area contributed by atoms with Crippen LogP contribution < -0.4 is 0 Å². The van der Waals surface area contributed by atoms with Crippen LogP contribution >= 0.6 is 0 Å². The summed E-state index contributed by atoms with van der Waals surface area (Å²) in [6.45, 7) is 0. The van der Waals surface area contributed by atoms with E-state index >= 15 is 0 Å².